The summed E-state index contributed by atoms with van der Waals surface area (Å²) in [6.07, 6.45) is 3.47. The van der Waals surface area contributed by atoms with Crippen LogP contribution in [0, 0.1) is 0 Å². The van der Waals surface area contributed by atoms with E-state index in [1.807, 2.05) is 17.5 Å². The van der Waals surface area contributed by atoms with Gasteiger partial charge < -0.3 is 10.4 Å². The number of β-lactam (4-membered cyclic amide) rings is 1. The van der Waals surface area contributed by atoms with Crippen LogP contribution in [-0.2, 0) is 20.8 Å². The smallest absolute Gasteiger partial charge is 0.352 e. The van der Waals surface area contributed by atoms with Crippen LogP contribution < -0.4 is 10.7 Å². The van der Waals surface area contributed by atoms with Crippen LogP contribution in [0.1, 0.15) is 4.88 Å². The van der Waals surface area contributed by atoms with Crippen molar-refractivity contribution < 1.29 is 19.5 Å². The molecule has 2 atom stereocenters. The molecule has 12 heteroatoms. The van der Waals surface area contributed by atoms with Gasteiger partial charge in [0, 0.05) is 22.9 Å². The molecule has 5 rings (SSSR count). The maximum Gasteiger partial charge on any atom is 0.352 e. The first kappa shape index (κ1) is 23.8. The van der Waals surface area contributed by atoms with E-state index in [1.165, 1.54) is 57.2 Å². The average Bonchev–Trinajstić information content (AvgIpc) is 3.35. The van der Waals surface area contributed by atoms with E-state index >= 15 is 0 Å². The molecule has 0 spiro atoms. The van der Waals surface area contributed by atoms with Crippen molar-refractivity contribution in [1.29, 1.82) is 0 Å². The van der Waals surface area contributed by atoms with Crippen LogP contribution in [0.25, 0.3) is 10.2 Å². The first-order valence-electron chi connectivity index (χ1n) is 10.4. The third-order valence-corrected chi connectivity index (χ3v) is 9.55. The maximum absolute atomic E-state index is 12.8. The second-order valence-corrected chi connectivity index (χ2v) is 12.0. The Hall–Kier alpha value is -2.93. The second-order valence-electron chi connectivity index (χ2n) is 7.60. The number of hydrogen-bond donors (Lipinski definition) is 2. The molecule has 3 aromatic rings. The number of carbonyl (C=O) groups excluding carboxylic acids is 2. The number of fused-ring (bicyclic) bond motifs is 2. The maximum atomic E-state index is 12.8. The summed E-state index contributed by atoms with van der Waals surface area (Å²) in [5.41, 5.74) is 0.296. The van der Waals surface area contributed by atoms with Crippen molar-refractivity contribution in [3.05, 3.63) is 79.8 Å². The van der Waals surface area contributed by atoms with Crippen LogP contribution in [0.4, 0.5) is 0 Å². The van der Waals surface area contributed by atoms with Crippen LogP contribution in [0.15, 0.2) is 73.7 Å². The number of nitrogens with one attached hydrogen (secondary N) is 1. The summed E-state index contributed by atoms with van der Waals surface area (Å²) in [6, 6.07) is 7.94. The molecule has 1 saturated heterocycles. The van der Waals surface area contributed by atoms with Gasteiger partial charge in [0.2, 0.25) is 5.91 Å². The summed E-state index contributed by atoms with van der Waals surface area (Å²) in [7, 11) is 0. The Bertz CT molecular complexity index is 1450. The number of amides is 2. The number of carboxylic acids is 1. The molecule has 5 heterocycles. The molecule has 1 fully saturated rings. The van der Waals surface area contributed by atoms with Gasteiger partial charge in [0.15, 0.2) is 5.43 Å². The van der Waals surface area contributed by atoms with Gasteiger partial charge in [-0.3, -0.25) is 19.3 Å². The van der Waals surface area contributed by atoms with Crippen molar-refractivity contribution in [3.63, 3.8) is 0 Å². The summed E-state index contributed by atoms with van der Waals surface area (Å²) < 4.78 is 0.727. The molecule has 3 aromatic heterocycles. The Morgan fingerprint density at radius 3 is 2.91 bits per heavy atom. The highest BCUT2D eigenvalue weighted by molar-refractivity contribution is 8.04. The van der Waals surface area contributed by atoms with E-state index in [4.69, 9.17) is 0 Å². The number of rotatable bonds is 7. The monoisotopic (exact) mass is 543 g/mol. The molecule has 178 valence electrons. The van der Waals surface area contributed by atoms with Crippen LogP contribution in [-0.4, -0.2) is 49.9 Å². The lowest BCUT2D eigenvalue weighted by Crippen LogP contribution is -2.70. The van der Waals surface area contributed by atoms with Crippen molar-refractivity contribution in [2.45, 2.75) is 22.0 Å². The number of aliphatic carboxylic acids is 1. The standard InChI is InChI=1S/C23H17N3O5S4/c27-15-10-17(35-20-14(15)4-1-6-24-20)33-8-5-12-11-34-22-18(21(29)26(22)19(12)23(30)31)25-16(28)9-13-3-2-7-32-13/h1-8,10,18,22H,9,11H2,(H,25,28)(H,30,31)/b8-5+. The van der Waals surface area contributed by atoms with Gasteiger partial charge in [0.1, 0.15) is 21.9 Å². The average molecular weight is 544 g/mol. The van der Waals surface area contributed by atoms with Crippen molar-refractivity contribution in [2.24, 2.45) is 0 Å². The Kier molecular flexibility index (Phi) is 6.78. The molecule has 2 N–H and O–H groups in total. The number of nitrogens with zero attached hydrogens (tertiary/aromatic N) is 2. The van der Waals surface area contributed by atoms with Gasteiger partial charge in [-0.2, -0.15) is 0 Å². The quantitative estimate of drug-likeness (QED) is 0.344. The van der Waals surface area contributed by atoms with Crippen molar-refractivity contribution >= 4 is 74.2 Å². The molecular formula is C23H17N3O5S4. The zero-order chi connectivity index (χ0) is 24.5. The number of thiophene rings is 1. The predicted octanol–water partition coefficient (Wildman–Crippen LogP) is 3.31. The van der Waals surface area contributed by atoms with Crippen molar-refractivity contribution in [2.75, 3.05) is 5.75 Å². The van der Waals surface area contributed by atoms with Crippen molar-refractivity contribution in [3.8, 4) is 0 Å². The summed E-state index contributed by atoms with van der Waals surface area (Å²) >= 11 is 5.54. The van der Waals surface area contributed by atoms with E-state index in [-0.39, 0.29) is 23.5 Å². The lowest BCUT2D eigenvalue weighted by Gasteiger charge is -2.49. The molecule has 0 saturated carbocycles. The molecule has 2 unspecified atom stereocenters. The van der Waals surface area contributed by atoms with Crippen molar-refractivity contribution in [1.82, 2.24) is 15.2 Å². The van der Waals surface area contributed by atoms with Gasteiger partial charge in [-0.1, -0.05) is 17.8 Å². The molecule has 0 radical (unpaired) electrons. The van der Waals surface area contributed by atoms with E-state index in [0.29, 0.717) is 21.5 Å². The minimum Gasteiger partial charge on any atom is -0.477 e. The minimum absolute atomic E-state index is 0.0762. The van der Waals surface area contributed by atoms with E-state index < -0.39 is 23.3 Å². The summed E-state index contributed by atoms with van der Waals surface area (Å²) in [5.74, 6) is -1.52. The number of thioether (sulfide) groups is 2. The lowest BCUT2D eigenvalue weighted by molar-refractivity contribution is -0.150. The molecule has 2 aliphatic rings. The number of aromatic nitrogens is 1. The van der Waals surface area contributed by atoms with Crippen LogP contribution >= 0.6 is 46.2 Å². The Labute approximate surface area is 215 Å². The highest BCUT2D eigenvalue weighted by Crippen LogP contribution is 2.41. The van der Waals surface area contributed by atoms with Gasteiger partial charge in [0.25, 0.3) is 5.91 Å². The molecule has 0 bridgehead atoms. The van der Waals surface area contributed by atoms with Crippen LogP contribution in [0.2, 0.25) is 0 Å². The van der Waals surface area contributed by atoms with E-state index in [2.05, 4.69) is 10.3 Å². The summed E-state index contributed by atoms with van der Waals surface area (Å²) in [6.45, 7) is 0. The molecule has 8 nitrogen and oxygen atoms in total. The lowest BCUT2D eigenvalue weighted by atomic mass is 10.0. The number of carboxylic acid groups (broad SMARTS) is 1. The molecule has 2 aliphatic heterocycles. The molecule has 0 aromatic carbocycles. The zero-order valence-corrected chi connectivity index (χ0v) is 21.1. The third kappa shape index (κ3) is 4.79. The Morgan fingerprint density at radius 1 is 1.29 bits per heavy atom. The van der Waals surface area contributed by atoms with Gasteiger partial charge >= 0.3 is 5.97 Å². The number of allylic oxidation sites excluding steroid dienone is 1. The van der Waals surface area contributed by atoms with Gasteiger partial charge in [-0.15, -0.1) is 34.4 Å². The number of hydrogen-bond acceptors (Lipinski definition) is 9. The molecular weight excluding hydrogens is 527 g/mol. The second kappa shape index (κ2) is 9.97. The molecule has 2 amide bonds. The first-order valence-corrected chi connectivity index (χ1v) is 14.0. The van der Waals surface area contributed by atoms with Gasteiger partial charge in [-0.25, -0.2) is 9.78 Å². The predicted molar refractivity (Wildman–Crippen MR) is 139 cm³/mol. The summed E-state index contributed by atoms with van der Waals surface area (Å²) in [5, 5.41) is 16.3. The first-order chi connectivity index (χ1) is 16.9. The third-order valence-electron chi connectivity index (χ3n) is 5.37. The van der Waals surface area contributed by atoms with Gasteiger partial charge in [-0.05, 0) is 40.6 Å². The summed E-state index contributed by atoms with van der Waals surface area (Å²) in [4.78, 5) is 56.5. The topological polar surface area (TPSA) is 117 Å². The normalized spacial score (nSPS) is 19.7. The largest absolute Gasteiger partial charge is 0.477 e. The Morgan fingerprint density at radius 2 is 2.14 bits per heavy atom. The fraction of sp³-hybridized carbons (Fsp3) is 0.174. The highest BCUT2D eigenvalue weighted by atomic mass is 32.2. The Balaban J connectivity index is 1.30. The van der Waals surface area contributed by atoms with Crippen LogP contribution in [0.3, 0.4) is 0 Å². The van der Waals surface area contributed by atoms with E-state index in [9.17, 15) is 24.3 Å². The zero-order valence-electron chi connectivity index (χ0n) is 17.9. The minimum atomic E-state index is -1.20. The van der Waals surface area contributed by atoms with Gasteiger partial charge in [0.05, 0.1) is 16.0 Å². The molecule has 35 heavy (non-hydrogen) atoms. The number of pyridine rings is 1. The van der Waals surface area contributed by atoms with Crippen LogP contribution in [0.5, 0.6) is 0 Å². The fourth-order valence-electron chi connectivity index (χ4n) is 3.78. The number of carbonyl (C=O) groups is 3. The fourth-order valence-corrected chi connectivity index (χ4v) is 7.69. The van der Waals surface area contributed by atoms with E-state index in [1.54, 1.807) is 29.8 Å². The molecule has 0 aliphatic carbocycles. The van der Waals surface area contributed by atoms with E-state index in [0.717, 1.165) is 9.09 Å². The SMILES string of the molecule is O=C(Cc1cccs1)NC1C(=O)N2C(C(=O)O)=C(/C=C/Sc3cc(=O)c4cccnc4s3)CSC12. The highest BCUT2D eigenvalue weighted by Gasteiger charge is 2.53.